The molecule has 0 saturated heterocycles. The molecule has 0 aliphatic carbocycles. The quantitative estimate of drug-likeness (QED) is 0.510. The SMILES string of the molecule is C#CC(O)CCCCNCCc1c[nH]c2ccccc12. The molecule has 2 rings (SSSR count). The van der Waals surface area contributed by atoms with Crippen LogP contribution in [0.1, 0.15) is 24.8 Å². The van der Waals surface area contributed by atoms with E-state index in [4.69, 9.17) is 6.42 Å². The molecule has 0 amide bonds. The number of aromatic amines is 1. The molecular weight excluding hydrogens is 248 g/mol. The van der Waals surface area contributed by atoms with Crippen LogP contribution in [0.2, 0.25) is 0 Å². The van der Waals surface area contributed by atoms with Gasteiger partial charge in [0.2, 0.25) is 0 Å². The third-order valence-corrected chi connectivity index (χ3v) is 3.52. The Bertz CT molecular complexity index is 568. The van der Waals surface area contributed by atoms with E-state index in [2.05, 4.69) is 40.6 Å². The van der Waals surface area contributed by atoms with Crippen molar-refractivity contribution in [3.05, 3.63) is 36.0 Å². The summed E-state index contributed by atoms with van der Waals surface area (Å²) < 4.78 is 0. The van der Waals surface area contributed by atoms with Crippen LogP contribution in [0.15, 0.2) is 30.5 Å². The number of nitrogens with one attached hydrogen (secondary N) is 2. The van der Waals surface area contributed by atoms with E-state index in [0.717, 1.165) is 32.4 Å². The minimum atomic E-state index is -0.582. The third-order valence-electron chi connectivity index (χ3n) is 3.52. The van der Waals surface area contributed by atoms with Crippen LogP contribution >= 0.6 is 0 Å². The molecule has 0 radical (unpaired) electrons. The molecule has 1 atom stereocenters. The van der Waals surface area contributed by atoms with E-state index in [1.807, 2.05) is 6.07 Å². The first-order valence-electron chi connectivity index (χ1n) is 7.21. The summed E-state index contributed by atoms with van der Waals surface area (Å²) in [5.41, 5.74) is 2.56. The zero-order valence-electron chi connectivity index (χ0n) is 11.7. The summed E-state index contributed by atoms with van der Waals surface area (Å²) in [5.74, 6) is 2.33. The predicted molar refractivity (Wildman–Crippen MR) is 83.6 cm³/mol. The fraction of sp³-hybridized carbons (Fsp3) is 0.412. The van der Waals surface area contributed by atoms with Gasteiger partial charge in [0.25, 0.3) is 0 Å². The summed E-state index contributed by atoms with van der Waals surface area (Å²) in [6, 6.07) is 8.38. The normalized spacial score (nSPS) is 12.4. The number of terminal acetylenes is 1. The Morgan fingerprint density at radius 2 is 2.10 bits per heavy atom. The van der Waals surface area contributed by atoms with Crippen LogP contribution in [0.3, 0.4) is 0 Å². The maximum atomic E-state index is 9.23. The number of H-pyrrole nitrogens is 1. The van der Waals surface area contributed by atoms with Crippen LogP contribution in [0.4, 0.5) is 0 Å². The average molecular weight is 270 g/mol. The molecule has 3 nitrogen and oxygen atoms in total. The number of rotatable bonds is 8. The van der Waals surface area contributed by atoms with Gasteiger partial charge in [0.1, 0.15) is 6.10 Å². The van der Waals surface area contributed by atoms with Crippen molar-refractivity contribution in [1.82, 2.24) is 10.3 Å². The van der Waals surface area contributed by atoms with Crippen molar-refractivity contribution < 1.29 is 5.11 Å². The zero-order valence-corrected chi connectivity index (χ0v) is 11.7. The number of hydrogen-bond donors (Lipinski definition) is 3. The molecule has 0 aliphatic heterocycles. The number of benzene rings is 1. The van der Waals surface area contributed by atoms with E-state index in [1.54, 1.807) is 0 Å². The van der Waals surface area contributed by atoms with Gasteiger partial charge in [-0.3, -0.25) is 0 Å². The standard InChI is InChI=1S/C17H22N2O/c1-2-15(20)7-5-6-11-18-12-10-14-13-19-17-9-4-3-8-16(14)17/h1,3-4,8-9,13,15,18-20H,5-7,10-12H2. The number of aromatic nitrogens is 1. The second-order valence-corrected chi connectivity index (χ2v) is 5.04. The van der Waals surface area contributed by atoms with E-state index >= 15 is 0 Å². The first-order chi connectivity index (χ1) is 9.81. The van der Waals surface area contributed by atoms with Gasteiger partial charge in [0, 0.05) is 17.1 Å². The third kappa shape index (κ3) is 4.12. The van der Waals surface area contributed by atoms with Gasteiger partial charge in [0.05, 0.1) is 0 Å². The Hall–Kier alpha value is -1.76. The molecule has 20 heavy (non-hydrogen) atoms. The highest BCUT2D eigenvalue weighted by Crippen LogP contribution is 2.17. The van der Waals surface area contributed by atoms with Crippen LogP contribution in [-0.2, 0) is 6.42 Å². The highest BCUT2D eigenvalue weighted by atomic mass is 16.3. The molecule has 1 aromatic heterocycles. The molecule has 1 aromatic carbocycles. The molecule has 0 fully saturated rings. The number of fused-ring (bicyclic) bond motifs is 1. The number of unbranched alkanes of at least 4 members (excludes halogenated alkanes) is 1. The fourth-order valence-electron chi connectivity index (χ4n) is 2.36. The molecule has 1 heterocycles. The lowest BCUT2D eigenvalue weighted by atomic mass is 10.1. The maximum Gasteiger partial charge on any atom is 0.114 e. The molecule has 0 saturated carbocycles. The van der Waals surface area contributed by atoms with E-state index in [9.17, 15) is 5.11 Å². The number of para-hydroxylation sites is 1. The lowest BCUT2D eigenvalue weighted by molar-refractivity contribution is 0.218. The van der Waals surface area contributed by atoms with Crippen LogP contribution in [0.25, 0.3) is 10.9 Å². The minimum absolute atomic E-state index is 0.582. The Kier molecular flexibility index (Phi) is 5.67. The largest absolute Gasteiger partial charge is 0.380 e. The van der Waals surface area contributed by atoms with Crippen LogP contribution < -0.4 is 5.32 Å². The highest BCUT2D eigenvalue weighted by Gasteiger charge is 2.02. The van der Waals surface area contributed by atoms with Crippen molar-refractivity contribution in [2.24, 2.45) is 0 Å². The van der Waals surface area contributed by atoms with Gasteiger partial charge in [-0.15, -0.1) is 6.42 Å². The fourth-order valence-corrected chi connectivity index (χ4v) is 2.36. The lowest BCUT2D eigenvalue weighted by Crippen LogP contribution is -2.18. The van der Waals surface area contributed by atoms with Gasteiger partial charge in [-0.25, -0.2) is 0 Å². The number of hydrogen-bond acceptors (Lipinski definition) is 2. The highest BCUT2D eigenvalue weighted by molar-refractivity contribution is 5.83. The van der Waals surface area contributed by atoms with Crippen LogP contribution in [0, 0.1) is 12.3 Å². The summed E-state index contributed by atoms with van der Waals surface area (Å²) in [6.45, 7) is 1.94. The Morgan fingerprint density at radius 3 is 2.95 bits per heavy atom. The zero-order chi connectivity index (χ0) is 14.2. The summed E-state index contributed by atoms with van der Waals surface area (Å²) >= 11 is 0. The van der Waals surface area contributed by atoms with Gasteiger partial charge in [-0.2, -0.15) is 0 Å². The van der Waals surface area contributed by atoms with Crippen LogP contribution in [-0.4, -0.2) is 29.3 Å². The maximum absolute atomic E-state index is 9.23. The number of aliphatic hydroxyl groups is 1. The Morgan fingerprint density at radius 1 is 1.25 bits per heavy atom. The summed E-state index contributed by atoms with van der Waals surface area (Å²) in [7, 11) is 0. The molecule has 2 aromatic rings. The van der Waals surface area contributed by atoms with Crippen LogP contribution in [0.5, 0.6) is 0 Å². The van der Waals surface area contributed by atoms with Crippen molar-refractivity contribution in [3.63, 3.8) is 0 Å². The van der Waals surface area contributed by atoms with Gasteiger partial charge in [-0.1, -0.05) is 24.1 Å². The van der Waals surface area contributed by atoms with Gasteiger partial charge in [-0.05, 0) is 50.4 Å². The van der Waals surface area contributed by atoms with Crippen molar-refractivity contribution in [1.29, 1.82) is 0 Å². The van der Waals surface area contributed by atoms with Crippen molar-refractivity contribution in [3.8, 4) is 12.3 Å². The van der Waals surface area contributed by atoms with E-state index < -0.39 is 6.10 Å². The topological polar surface area (TPSA) is 48.0 Å². The minimum Gasteiger partial charge on any atom is -0.380 e. The van der Waals surface area contributed by atoms with Crippen molar-refractivity contribution >= 4 is 10.9 Å². The van der Waals surface area contributed by atoms with Gasteiger partial charge < -0.3 is 15.4 Å². The van der Waals surface area contributed by atoms with Crippen molar-refractivity contribution in [2.75, 3.05) is 13.1 Å². The summed E-state index contributed by atoms with van der Waals surface area (Å²) in [6.07, 6.45) is 10.4. The number of aliphatic hydroxyl groups excluding tert-OH is 1. The molecule has 0 bridgehead atoms. The van der Waals surface area contributed by atoms with E-state index in [0.29, 0.717) is 6.42 Å². The van der Waals surface area contributed by atoms with Gasteiger partial charge in [0.15, 0.2) is 0 Å². The van der Waals surface area contributed by atoms with E-state index in [1.165, 1.54) is 16.5 Å². The Balaban J connectivity index is 1.63. The monoisotopic (exact) mass is 270 g/mol. The molecule has 0 aliphatic rings. The first kappa shape index (κ1) is 14.6. The Labute approximate surface area is 120 Å². The predicted octanol–water partition coefficient (Wildman–Crippen LogP) is 2.46. The molecule has 106 valence electrons. The molecule has 0 spiro atoms. The van der Waals surface area contributed by atoms with E-state index in [-0.39, 0.29) is 0 Å². The van der Waals surface area contributed by atoms with Gasteiger partial charge >= 0.3 is 0 Å². The lowest BCUT2D eigenvalue weighted by Gasteiger charge is -2.05. The molecule has 1 unspecified atom stereocenters. The summed E-state index contributed by atoms with van der Waals surface area (Å²) in [4.78, 5) is 3.29. The average Bonchev–Trinajstić information content (AvgIpc) is 2.89. The molecular formula is C17H22N2O. The first-order valence-corrected chi connectivity index (χ1v) is 7.21. The molecule has 3 heteroatoms. The summed E-state index contributed by atoms with van der Waals surface area (Å²) in [5, 5.41) is 14.0. The second kappa shape index (κ2) is 7.74. The molecule has 3 N–H and O–H groups in total. The smallest absolute Gasteiger partial charge is 0.114 e. The second-order valence-electron chi connectivity index (χ2n) is 5.04. The van der Waals surface area contributed by atoms with Crippen molar-refractivity contribution in [2.45, 2.75) is 31.8 Å².